The maximum absolute atomic E-state index is 12.2. The van der Waals surface area contributed by atoms with Crippen molar-refractivity contribution in [3.63, 3.8) is 0 Å². The van der Waals surface area contributed by atoms with Gasteiger partial charge in [-0.25, -0.2) is 4.79 Å². The lowest BCUT2D eigenvalue weighted by molar-refractivity contribution is -0.125. The second-order valence-corrected chi connectivity index (χ2v) is 5.64. The SMILES string of the molecule is CNC(=O)C1CCN(C(=O)Nc2ccccc2Br)CC1. The molecule has 0 unspecified atom stereocenters. The first-order valence-corrected chi connectivity index (χ1v) is 7.43. The average molecular weight is 340 g/mol. The van der Waals surface area contributed by atoms with E-state index in [4.69, 9.17) is 0 Å². The van der Waals surface area contributed by atoms with Crippen molar-refractivity contribution in [2.24, 2.45) is 5.92 Å². The molecule has 0 spiro atoms. The van der Waals surface area contributed by atoms with Crippen molar-refractivity contribution in [3.05, 3.63) is 28.7 Å². The predicted octanol–water partition coefficient (Wildman–Crippen LogP) is 2.44. The van der Waals surface area contributed by atoms with Crippen molar-refractivity contribution in [1.82, 2.24) is 10.2 Å². The number of anilines is 1. The number of halogens is 1. The normalized spacial score (nSPS) is 15.8. The van der Waals surface area contributed by atoms with E-state index in [0.29, 0.717) is 25.9 Å². The third-order valence-electron chi connectivity index (χ3n) is 3.51. The number of nitrogens with one attached hydrogen (secondary N) is 2. The summed E-state index contributed by atoms with van der Waals surface area (Å²) in [5.41, 5.74) is 0.755. The summed E-state index contributed by atoms with van der Waals surface area (Å²) in [6.45, 7) is 1.21. The van der Waals surface area contributed by atoms with Crippen LogP contribution in [0.15, 0.2) is 28.7 Å². The number of para-hydroxylation sites is 1. The molecule has 108 valence electrons. The van der Waals surface area contributed by atoms with Gasteiger partial charge >= 0.3 is 6.03 Å². The minimum absolute atomic E-state index is 0.0208. The number of urea groups is 1. The van der Waals surface area contributed by atoms with Crippen LogP contribution in [0.3, 0.4) is 0 Å². The molecule has 1 aromatic rings. The highest BCUT2D eigenvalue weighted by Gasteiger charge is 2.26. The van der Waals surface area contributed by atoms with Crippen LogP contribution < -0.4 is 10.6 Å². The van der Waals surface area contributed by atoms with Crippen LogP contribution in [-0.4, -0.2) is 37.0 Å². The van der Waals surface area contributed by atoms with Crippen LogP contribution in [0.2, 0.25) is 0 Å². The minimum Gasteiger partial charge on any atom is -0.359 e. The zero-order chi connectivity index (χ0) is 14.5. The maximum atomic E-state index is 12.2. The van der Waals surface area contributed by atoms with Crippen molar-refractivity contribution in [2.45, 2.75) is 12.8 Å². The fourth-order valence-corrected chi connectivity index (χ4v) is 2.69. The van der Waals surface area contributed by atoms with Crippen molar-refractivity contribution < 1.29 is 9.59 Å². The van der Waals surface area contributed by atoms with Gasteiger partial charge in [-0.2, -0.15) is 0 Å². The topological polar surface area (TPSA) is 61.4 Å². The lowest BCUT2D eigenvalue weighted by Gasteiger charge is -2.31. The van der Waals surface area contributed by atoms with Crippen LogP contribution in [0.4, 0.5) is 10.5 Å². The summed E-state index contributed by atoms with van der Waals surface area (Å²) in [7, 11) is 1.65. The summed E-state index contributed by atoms with van der Waals surface area (Å²) >= 11 is 3.40. The quantitative estimate of drug-likeness (QED) is 0.869. The van der Waals surface area contributed by atoms with Crippen LogP contribution in [0.25, 0.3) is 0 Å². The molecule has 0 radical (unpaired) electrons. The summed E-state index contributed by atoms with van der Waals surface area (Å²) in [5.74, 6) is 0.0865. The van der Waals surface area contributed by atoms with Gasteiger partial charge in [0.25, 0.3) is 0 Å². The van der Waals surface area contributed by atoms with E-state index < -0.39 is 0 Å². The lowest BCUT2D eigenvalue weighted by atomic mass is 9.96. The summed E-state index contributed by atoms with van der Waals surface area (Å²) in [6, 6.07) is 7.38. The largest absolute Gasteiger partial charge is 0.359 e. The monoisotopic (exact) mass is 339 g/mol. The number of nitrogens with zero attached hydrogens (tertiary/aromatic N) is 1. The molecule has 0 bridgehead atoms. The maximum Gasteiger partial charge on any atom is 0.321 e. The molecule has 0 aromatic heterocycles. The standard InChI is InChI=1S/C14H18BrN3O2/c1-16-13(19)10-6-8-18(9-7-10)14(20)17-12-5-3-2-4-11(12)15/h2-5,10H,6-9H2,1H3,(H,16,19)(H,17,20). The summed E-state index contributed by atoms with van der Waals surface area (Å²) in [5, 5.41) is 5.54. The molecule has 1 fully saturated rings. The number of carbonyl (C=O) groups is 2. The van der Waals surface area contributed by atoms with E-state index in [1.165, 1.54) is 0 Å². The Morgan fingerprint density at radius 2 is 1.90 bits per heavy atom. The lowest BCUT2D eigenvalue weighted by Crippen LogP contribution is -2.44. The van der Waals surface area contributed by atoms with Gasteiger partial charge in [-0.1, -0.05) is 12.1 Å². The molecule has 3 amide bonds. The third kappa shape index (κ3) is 3.50. The molecular formula is C14H18BrN3O2. The highest BCUT2D eigenvalue weighted by Crippen LogP contribution is 2.23. The highest BCUT2D eigenvalue weighted by molar-refractivity contribution is 9.10. The Morgan fingerprint density at radius 1 is 1.25 bits per heavy atom. The molecule has 0 atom stereocenters. The van der Waals surface area contributed by atoms with Crippen LogP contribution in [-0.2, 0) is 4.79 Å². The number of likely N-dealkylation sites (tertiary alicyclic amines) is 1. The molecule has 0 aliphatic carbocycles. The van der Waals surface area contributed by atoms with Crippen molar-refractivity contribution in [2.75, 3.05) is 25.5 Å². The van der Waals surface area contributed by atoms with Gasteiger partial charge in [0.15, 0.2) is 0 Å². The molecule has 1 aromatic carbocycles. The smallest absolute Gasteiger partial charge is 0.321 e. The van der Waals surface area contributed by atoms with E-state index in [9.17, 15) is 9.59 Å². The van der Waals surface area contributed by atoms with Crippen molar-refractivity contribution in [3.8, 4) is 0 Å². The second-order valence-electron chi connectivity index (χ2n) is 4.79. The average Bonchev–Trinajstić information content (AvgIpc) is 2.49. The van der Waals surface area contributed by atoms with Crippen LogP contribution >= 0.6 is 15.9 Å². The Labute approximate surface area is 126 Å². The number of piperidine rings is 1. The molecule has 1 heterocycles. The Bertz CT molecular complexity index is 499. The molecule has 0 saturated carbocycles. The van der Waals surface area contributed by atoms with E-state index in [1.54, 1.807) is 11.9 Å². The number of rotatable bonds is 2. The molecule has 2 rings (SSSR count). The van der Waals surface area contributed by atoms with E-state index >= 15 is 0 Å². The van der Waals surface area contributed by atoms with Gasteiger partial charge in [-0.05, 0) is 40.9 Å². The first-order valence-electron chi connectivity index (χ1n) is 6.64. The molecule has 6 heteroatoms. The Kier molecular flexibility index (Phi) is 5.00. The van der Waals surface area contributed by atoms with E-state index in [0.717, 1.165) is 10.2 Å². The van der Waals surface area contributed by atoms with Gasteiger partial charge in [-0.15, -0.1) is 0 Å². The number of benzene rings is 1. The predicted molar refractivity (Wildman–Crippen MR) is 81.5 cm³/mol. The van der Waals surface area contributed by atoms with E-state index in [2.05, 4.69) is 26.6 Å². The molecule has 1 aliphatic rings. The summed E-state index contributed by atoms with van der Waals surface area (Å²) in [4.78, 5) is 25.5. The first kappa shape index (κ1) is 14.8. The van der Waals surface area contributed by atoms with Gasteiger partial charge in [0.1, 0.15) is 0 Å². The summed E-state index contributed by atoms with van der Waals surface area (Å²) in [6.07, 6.45) is 1.42. The van der Waals surface area contributed by atoms with Crippen LogP contribution in [0, 0.1) is 5.92 Å². The molecule has 1 aliphatic heterocycles. The van der Waals surface area contributed by atoms with Gasteiger partial charge in [0.2, 0.25) is 5.91 Å². The second kappa shape index (κ2) is 6.74. The molecule has 1 saturated heterocycles. The van der Waals surface area contributed by atoms with Gasteiger partial charge < -0.3 is 15.5 Å². The third-order valence-corrected chi connectivity index (χ3v) is 4.21. The Hall–Kier alpha value is -1.56. The van der Waals surface area contributed by atoms with Gasteiger partial charge in [-0.3, -0.25) is 4.79 Å². The molecule has 20 heavy (non-hydrogen) atoms. The number of amides is 3. The first-order chi connectivity index (χ1) is 9.61. The molecular weight excluding hydrogens is 322 g/mol. The van der Waals surface area contributed by atoms with Crippen LogP contribution in [0.1, 0.15) is 12.8 Å². The van der Waals surface area contributed by atoms with Gasteiger partial charge in [0, 0.05) is 30.5 Å². The molecule has 5 nitrogen and oxygen atoms in total. The Morgan fingerprint density at radius 3 is 2.50 bits per heavy atom. The zero-order valence-electron chi connectivity index (χ0n) is 11.4. The van der Waals surface area contributed by atoms with Crippen molar-refractivity contribution in [1.29, 1.82) is 0 Å². The van der Waals surface area contributed by atoms with Gasteiger partial charge in [0.05, 0.1) is 5.69 Å². The number of hydrogen-bond donors (Lipinski definition) is 2. The fourth-order valence-electron chi connectivity index (χ4n) is 2.31. The van der Waals surface area contributed by atoms with E-state index in [-0.39, 0.29) is 17.9 Å². The molecule has 2 N–H and O–H groups in total. The van der Waals surface area contributed by atoms with Crippen LogP contribution in [0.5, 0.6) is 0 Å². The van der Waals surface area contributed by atoms with Crippen molar-refractivity contribution >= 4 is 33.6 Å². The fraction of sp³-hybridized carbons (Fsp3) is 0.429. The number of hydrogen-bond acceptors (Lipinski definition) is 2. The Balaban J connectivity index is 1.89. The zero-order valence-corrected chi connectivity index (χ0v) is 12.9. The summed E-state index contributed by atoms with van der Waals surface area (Å²) < 4.78 is 0.855. The number of carbonyl (C=O) groups excluding carboxylic acids is 2. The van der Waals surface area contributed by atoms with E-state index in [1.807, 2.05) is 24.3 Å². The highest BCUT2D eigenvalue weighted by atomic mass is 79.9. The minimum atomic E-state index is -0.118.